The Hall–Kier alpha value is -3.23. The van der Waals surface area contributed by atoms with Crippen LogP contribution in [0, 0.1) is 5.92 Å². The Kier molecular flexibility index (Phi) is 19.1. The molecule has 1 aromatic carbocycles. The Morgan fingerprint density at radius 3 is 2.31 bits per heavy atom. The molecule has 1 heterocycles. The third-order valence-electron chi connectivity index (χ3n) is 3.93. The maximum absolute atomic E-state index is 11.1. The highest BCUT2D eigenvalue weighted by Crippen LogP contribution is 2.31. The Morgan fingerprint density at radius 2 is 1.81 bits per heavy atom. The number of amides is 1. The lowest BCUT2D eigenvalue weighted by Gasteiger charge is -2.12. The van der Waals surface area contributed by atoms with Gasteiger partial charge in [0.05, 0.1) is 12.7 Å². The number of nitrogens with zero attached hydrogens (tertiary/aromatic N) is 1. The molecule has 32 heavy (non-hydrogen) atoms. The van der Waals surface area contributed by atoms with Crippen LogP contribution in [0.2, 0.25) is 0 Å². The summed E-state index contributed by atoms with van der Waals surface area (Å²) < 4.78 is 11.2. The second kappa shape index (κ2) is 19.7. The third kappa shape index (κ3) is 12.5. The molecule has 2 aromatic rings. The van der Waals surface area contributed by atoms with Gasteiger partial charge in [-0.1, -0.05) is 19.9 Å². The molecular formula is C24H37N3O5. The van der Waals surface area contributed by atoms with Crippen LogP contribution in [-0.2, 0) is 11.3 Å². The highest BCUT2D eigenvalue weighted by atomic mass is 16.5. The molecule has 178 valence electrons. The molecule has 0 saturated carbocycles. The summed E-state index contributed by atoms with van der Waals surface area (Å²) in [7, 11) is 2.60. The van der Waals surface area contributed by atoms with Gasteiger partial charge in [0.15, 0.2) is 11.5 Å². The second-order valence-corrected chi connectivity index (χ2v) is 6.55. The maximum atomic E-state index is 11.1. The van der Waals surface area contributed by atoms with Crippen LogP contribution in [0.4, 0.5) is 0 Å². The zero-order valence-electron chi connectivity index (χ0n) is 19.6. The van der Waals surface area contributed by atoms with E-state index < -0.39 is 5.91 Å². The highest BCUT2D eigenvalue weighted by molar-refractivity contribution is 5.92. The Balaban J connectivity index is 0. The molecule has 0 aliphatic rings. The number of benzene rings is 1. The number of primary amides is 1. The van der Waals surface area contributed by atoms with Crippen LogP contribution in [0.25, 0.3) is 0 Å². The number of carbonyl (C=O) groups is 2. The molecule has 0 radical (unpaired) electrons. The fourth-order valence-electron chi connectivity index (χ4n) is 2.47. The molecule has 4 N–H and O–H groups in total. The molecule has 0 fully saturated rings. The van der Waals surface area contributed by atoms with Gasteiger partial charge in [-0.05, 0) is 49.1 Å². The smallest absolute Gasteiger partial charge is 0.250 e. The predicted molar refractivity (Wildman–Crippen MR) is 128 cm³/mol. The first-order valence-corrected chi connectivity index (χ1v) is 10.0. The maximum Gasteiger partial charge on any atom is 0.250 e. The lowest BCUT2D eigenvalue weighted by molar-refractivity contribution is -0.0980. The third-order valence-corrected chi connectivity index (χ3v) is 3.93. The van der Waals surface area contributed by atoms with E-state index in [-0.39, 0.29) is 0 Å². The lowest BCUT2D eigenvalue weighted by atomic mass is 10.1. The van der Waals surface area contributed by atoms with Crippen molar-refractivity contribution in [3.8, 4) is 17.4 Å². The molecule has 0 saturated heterocycles. The number of pyridine rings is 1. The molecule has 0 atom stereocenters. The van der Waals surface area contributed by atoms with Crippen LogP contribution in [0.5, 0.6) is 17.4 Å². The first-order chi connectivity index (χ1) is 15.5. The number of rotatable bonds is 10. The van der Waals surface area contributed by atoms with Crippen LogP contribution in [-0.4, -0.2) is 43.6 Å². The van der Waals surface area contributed by atoms with Crippen LogP contribution in [0.15, 0.2) is 49.7 Å². The minimum Gasteiger partial charge on any atom is -0.493 e. The van der Waals surface area contributed by atoms with Crippen molar-refractivity contribution in [2.45, 2.75) is 33.2 Å². The number of nitrogens with one attached hydrogen (secondary N) is 1. The molecule has 0 bridgehead atoms. The van der Waals surface area contributed by atoms with E-state index >= 15 is 0 Å². The summed E-state index contributed by atoms with van der Waals surface area (Å²) in [4.78, 5) is 23.2. The van der Waals surface area contributed by atoms with Crippen molar-refractivity contribution in [2.24, 2.45) is 11.7 Å². The van der Waals surface area contributed by atoms with Gasteiger partial charge in [-0.3, -0.25) is 4.79 Å². The van der Waals surface area contributed by atoms with Crippen LogP contribution in [0.3, 0.4) is 0 Å². The van der Waals surface area contributed by atoms with Gasteiger partial charge in [0.25, 0.3) is 0 Å². The first-order valence-electron chi connectivity index (χ1n) is 10.0. The molecule has 0 aliphatic carbocycles. The predicted octanol–water partition coefficient (Wildman–Crippen LogP) is 3.73. The van der Waals surface area contributed by atoms with Gasteiger partial charge in [0.2, 0.25) is 11.8 Å². The number of aliphatic hydroxyl groups excluding tert-OH is 1. The first kappa shape index (κ1) is 31.0. The fourth-order valence-corrected chi connectivity index (χ4v) is 2.47. The molecule has 0 spiro atoms. The minimum absolute atomic E-state index is 0.336. The lowest BCUT2D eigenvalue weighted by Crippen LogP contribution is -2.15. The van der Waals surface area contributed by atoms with Gasteiger partial charge in [-0.25, -0.2) is 4.98 Å². The topological polar surface area (TPSA) is 124 Å². The zero-order chi connectivity index (χ0) is 24.9. The Morgan fingerprint density at radius 1 is 1.16 bits per heavy atom. The Labute approximate surface area is 191 Å². The van der Waals surface area contributed by atoms with Crippen molar-refractivity contribution in [1.82, 2.24) is 10.3 Å². The number of ether oxygens (including phenoxy) is 2. The van der Waals surface area contributed by atoms with Gasteiger partial charge in [-0.2, -0.15) is 0 Å². The summed E-state index contributed by atoms with van der Waals surface area (Å²) in [5, 5.41) is 10.4. The summed E-state index contributed by atoms with van der Waals surface area (Å²) in [5.41, 5.74) is 6.66. The minimum atomic E-state index is -0.521. The van der Waals surface area contributed by atoms with Gasteiger partial charge in [0.1, 0.15) is 6.79 Å². The number of nitrogens with two attached hydrogens (primary N) is 1. The molecule has 2 rings (SSSR count). The molecule has 0 unspecified atom stereocenters. The van der Waals surface area contributed by atoms with Crippen molar-refractivity contribution >= 4 is 12.7 Å². The van der Waals surface area contributed by atoms with Crippen molar-refractivity contribution in [1.29, 1.82) is 0 Å². The van der Waals surface area contributed by atoms with E-state index in [9.17, 15) is 4.79 Å². The standard InChI is InChI=1S/C20H27N3O3.C2H4.CH4O.CH2O/c1-14(2)5-4-10-22-12-15-6-8-17(18(11-15)25-3)26-19-9-7-16(13-23-19)20(21)24;3*1-2/h6-9,11,13-14,22H,4-5,10,12H2,1-3H3,(H2,21,24);1-2H2;2H,1H3;1H2. The van der Waals surface area contributed by atoms with Crippen molar-refractivity contribution in [2.75, 3.05) is 20.8 Å². The van der Waals surface area contributed by atoms with E-state index in [4.69, 9.17) is 25.1 Å². The molecule has 8 heteroatoms. The summed E-state index contributed by atoms with van der Waals surface area (Å²) in [6, 6.07) is 8.97. The monoisotopic (exact) mass is 447 g/mol. The number of hydrogen-bond donors (Lipinski definition) is 3. The van der Waals surface area contributed by atoms with Crippen LogP contribution < -0.4 is 20.5 Å². The molecule has 8 nitrogen and oxygen atoms in total. The number of hydrogen-bond acceptors (Lipinski definition) is 7. The fraction of sp³-hybridized carbons (Fsp3) is 0.375. The van der Waals surface area contributed by atoms with Crippen LogP contribution in [0.1, 0.15) is 42.6 Å². The number of aromatic nitrogens is 1. The highest BCUT2D eigenvalue weighted by Gasteiger charge is 2.09. The van der Waals surface area contributed by atoms with Gasteiger partial charge >= 0.3 is 0 Å². The second-order valence-electron chi connectivity index (χ2n) is 6.55. The molecule has 1 amide bonds. The average molecular weight is 448 g/mol. The van der Waals surface area contributed by atoms with Crippen molar-refractivity contribution < 1.29 is 24.2 Å². The van der Waals surface area contributed by atoms with E-state index in [1.165, 1.54) is 19.0 Å². The molecule has 0 aliphatic heterocycles. The van der Waals surface area contributed by atoms with Crippen molar-refractivity contribution in [3.05, 3.63) is 60.8 Å². The zero-order valence-corrected chi connectivity index (χ0v) is 19.6. The van der Waals surface area contributed by atoms with E-state index in [0.29, 0.717) is 22.9 Å². The number of carbonyl (C=O) groups excluding carboxylic acids is 2. The largest absolute Gasteiger partial charge is 0.493 e. The van der Waals surface area contributed by atoms with Gasteiger partial charge in [0, 0.05) is 25.9 Å². The van der Waals surface area contributed by atoms with Gasteiger partial charge < -0.3 is 30.4 Å². The van der Waals surface area contributed by atoms with E-state index in [1.54, 1.807) is 19.2 Å². The number of aliphatic hydroxyl groups is 1. The number of methoxy groups -OCH3 is 1. The molecule has 1 aromatic heterocycles. The van der Waals surface area contributed by atoms with E-state index in [0.717, 1.165) is 31.7 Å². The summed E-state index contributed by atoms with van der Waals surface area (Å²) in [6.45, 7) is 14.2. The molecular weight excluding hydrogens is 410 g/mol. The SMILES string of the molecule is C=C.C=O.CO.COc1cc(CNCCCC(C)C)ccc1Oc1ccc(C(N)=O)cn1. The van der Waals surface area contributed by atoms with Gasteiger partial charge in [-0.15, -0.1) is 13.2 Å². The normalized spacial score (nSPS) is 9.19. The van der Waals surface area contributed by atoms with E-state index in [1.807, 2.05) is 25.0 Å². The van der Waals surface area contributed by atoms with E-state index in [2.05, 4.69) is 37.3 Å². The Bertz CT molecular complexity index is 750. The van der Waals surface area contributed by atoms with Crippen LogP contribution >= 0.6 is 0 Å². The summed E-state index contributed by atoms with van der Waals surface area (Å²) >= 11 is 0. The average Bonchev–Trinajstić information content (AvgIpc) is 2.83. The summed E-state index contributed by atoms with van der Waals surface area (Å²) in [5.74, 6) is 1.78. The summed E-state index contributed by atoms with van der Waals surface area (Å²) in [6.07, 6.45) is 3.78. The van der Waals surface area contributed by atoms with Crippen molar-refractivity contribution in [3.63, 3.8) is 0 Å². The quantitative estimate of drug-likeness (QED) is 0.374.